The second-order valence-corrected chi connectivity index (χ2v) is 8.00. The van der Waals surface area contributed by atoms with E-state index in [1.54, 1.807) is 12.1 Å². The highest BCUT2D eigenvalue weighted by molar-refractivity contribution is 9.10. The van der Waals surface area contributed by atoms with E-state index in [-0.39, 0.29) is 23.2 Å². The minimum absolute atomic E-state index is 0.0221. The summed E-state index contributed by atoms with van der Waals surface area (Å²) in [6.45, 7) is 0.475. The van der Waals surface area contributed by atoms with Gasteiger partial charge in [-0.2, -0.15) is 0 Å². The van der Waals surface area contributed by atoms with Crippen molar-refractivity contribution in [2.75, 3.05) is 18.6 Å². The summed E-state index contributed by atoms with van der Waals surface area (Å²) in [5, 5.41) is 10.9. The molecule has 6 nitrogen and oxygen atoms in total. The first-order valence-corrected chi connectivity index (χ1v) is 8.74. The SMILES string of the molecule is CN(Cc1cccc([N+](=O)[O-])c1Br)C1CCS(=O)(=O)C1. The summed E-state index contributed by atoms with van der Waals surface area (Å²) in [7, 11) is -1.08. The van der Waals surface area contributed by atoms with E-state index in [4.69, 9.17) is 0 Å². The predicted molar refractivity (Wildman–Crippen MR) is 79.3 cm³/mol. The third-order valence-corrected chi connectivity index (χ3v) is 6.17. The standard InChI is InChI=1S/C12H15BrN2O4S/c1-14(10-5-6-20(18,19)8-10)7-9-3-2-4-11(12(9)13)15(16)17/h2-4,10H,5-8H2,1H3. The number of sulfone groups is 1. The van der Waals surface area contributed by atoms with E-state index in [1.165, 1.54) is 6.07 Å². The number of rotatable bonds is 4. The number of hydrogen-bond acceptors (Lipinski definition) is 5. The minimum Gasteiger partial charge on any atom is -0.298 e. The van der Waals surface area contributed by atoms with Gasteiger partial charge in [0.2, 0.25) is 0 Å². The predicted octanol–water partition coefficient (Wildman–Crippen LogP) is 1.98. The molecule has 0 saturated carbocycles. The fourth-order valence-corrected chi connectivity index (χ4v) is 4.69. The smallest absolute Gasteiger partial charge is 0.283 e. The Morgan fingerprint density at radius 1 is 1.50 bits per heavy atom. The molecule has 1 aliphatic heterocycles. The van der Waals surface area contributed by atoms with Gasteiger partial charge in [0.25, 0.3) is 5.69 Å². The maximum Gasteiger partial charge on any atom is 0.283 e. The zero-order valence-electron chi connectivity index (χ0n) is 11.0. The van der Waals surface area contributed by atoms with Gasteiger partial charge < -0.3 is 0 Å². The van der Waals surface area contributed by atoms with Gasteiger partial charge in [-0.3, -0.25) is 15.0 Å². The van der Waals surface area contributed by atoms with Gasteiger partial charge in [0.15, 0.2) is 9.84 Å². The van der Waals surface area contributed by atoms with E-state index in [0.717, 1.165) is 5.56 Å². The molecule has 0 radical (unpaired) electrons. The molecule has 110 valence electrons. The highest BCUT2D eigenvalue weighted by Crippen LogP contribution is 2.30. The van der Waals surface area contributed by atoms with Crippen LogP contribution < -0.4 is 0 Å². The van der Waals surface area contributed by atoms with Crippen LogP contribution in [0.15, 0.2) is 22.7 Å². The molecule has 1 aliphatic rings. The summed E-state index contributed by atoms with van der Waals surface area (Å²) in [5.41, 5.74) is 0.806. The van der Waals surface area contributed by atoms with Crippen molar-refractivity contribution in [1.82, 2.24) is 4.90 Å². The summed E-state index contributed by atoms with van der Waals surface area (Å²) < 4.78 is 23.4. The Bertz CT molecular complexity index is 632. The maximum atomic E-state index is 11.5. The highest BCUT2D eigenvalue weighted by Gasteiger charge is 2.31. The Balaban J connectivity index is 2.14. The van der Waals surface area contributed by atoms with Crippen molar-refractivity contribution in [2.24, 2.45) is 0 Å². The molecule has 0 bridgehead atoms. The molecule has 1 atom stereocenters. The fourth-order valence-electron chi connectivity index (χ4n) is 2.35. The zero-order valence-corrected chi connectivity index (χ0v) is 13.4. The zero-order chi connectivity index (χ0) is 14.9. The van der Waals surface area contributed by atoms with Gasteiger partial charge >= 0.3 is 0 Å². The Hall–Kier alpha value is -0.990. The van der Waals surface area contributed by atoms with Gasteiger partial charge in [0.05, 0.1) is 20.9 Å². The lowest BCUT2D eigenvalue weighted by Crippen LogP contribution is -2.32. The van der Waals surface area contributed by atoms with Gasteiger partial charge in [-0.25, -0.2) is 8.42 Å². The molecule has 20 heavy (non-hydrogen) atoms. The van der Waals surface area contributed by atoms with Gasteiger partial charge in [0.1, 0.15) is 0 Å². The summed E-state index contributed by atoms with van der Waals surface area (Å²) in [5.74, 6) is 0.383. The van der Waals surface area contributed by atoms with Crippen LogP contribution in [-0.4, -0.2) is 42.8 Å². The molecule has 0 aliphatic carbocycles. The molecule has 1 unspecified atom stereocenters. The third-order valence-electron chi connectivity index (χ3n) is 3.51. The quantitative estimate of drug-likeness (QED) is 0.604. The lowest BCUT2D eigenvalue weighted by Gasteiger charge is -2.23. The van der Waals surface area contributed by atoms with Crippen LogP contribution in [0, 0.1) is 10.1 Å². The van der Waals surface area contributed by atoms with Crippen LogP contribution in [0.1, 0.15) is 12.0 Å². The van der Waals surface area contributed by atoms with Crippen LogP contribution in [0.2, 0.25) is 0 Å². The van der Waals surface area contributed by atoms with E-state index in [1.807, 2.05) is 11.9 Å². The Morgan fingerprint density at radius 3 is 2.75 bits per heavy atom. The van der Waals surface area contributed by atoms with Gasteiger partial charge in [-0.05, 0) is 35.0 Å². The Kier molecular flexibility index (Phi) is 4.46. The second-order valence-electron chi connectivity index (χ2n) is 4.98. The van der Waals surface area contributed by atoms with Crippen molar-refractivity contribution < 1.29 is 13.3 Å². The number of nitrogens with zero attached hydrogens (tertiary/aromatic N) is 2. The van der Waals surface area contributed by atoms with E-state index in [9.17, 15) is 18.5 Å². The first-order valence-electron chi connectivity index (χ1n) is 6.12. The van der Waals surface area contributed by atoms with Crippen LogP contribution in [0.25, 0.3) is 0 Å². The molecule has 2 rings (SSSR count). The average molecular weight is 363 g/mol. The lowest BCUT2D eigenvalue weighted by molar-refractivity contribution is -0.385. The molecule has 0 aromatic heterocycles. The molecule has 1 aromatic carbocycles. The highest BCUT2D eigenvalue weighted by atomic mass is 79.9. The number of nitro groups is 1. The molecule has 1 fully saturated rings. The topological polar surface area (TPSA) is 80.5 Å². The number of benzene rings is 1. The van der Waals surface area contributed by atoms with Crippen LogP contribution in [0.3, 0.4) is 0 Å². The normalized spacial score (nSPS) is 21.2. The minimum atomic E-state index is -2.93. The van der Waals surface area contributed by atoms with Gasteiger partial charge in [-0.1, -0.05) is 12.1 Å². The van der Waals surface area contributed by atoms with E-state index in [0.29, 0.717) is 17.4 Å². The maximum absolute atomic E-state index is 11.5. The number of nitro benzene ring substituents is 1. The average Bonchev–Trinajstić information content (AvgIpc) is 2.72. The summed E-state index contributed by atoms with van der Waals surface area (Å²) in [6, 6.07) is 4.86. The number of hydrogen-bond donors (Lipinski definition) is 0. The summed E-state index contributed by atoms with van der Waals surface area (Å²) in [6.07, 6.45) is 0.616. The van der Waals surface area contributed by atoms with Crippen LogP contribution in [0.5, 0.6) is 0 Å². The molecule has 0 spiro atoms. The van der Waals surface area contributed by atoms with Crippen LogP contribution in [-0.2, 0) is 16.4 Å². The Morgan fingerprint density at radius 2 is 2.20 bits per heavy atom. The first-order chi connectivity index (χ1) is 9.30. The summed E-state index contributed by atoms with van der Waals surface area (Å²) >= 11 is 3.25. The molecular formula is C12H15BrN2O4S. The molecule has 1 saturated heterocycles. The van der Waals surface area contributed by atoms with E-state index < -0.39 is 14.8 Å². The van der Waals surface area contributed by atoms with Crippen LogP contribution >= 0.6 is 15.9 Å². The summed E-state index contributed by atoms with van der Waals surface area (Å²) in [4.78, 5) is 12.4. The van der Waals surface area contributed by atoms with Gasteiger partial charge in [-0.15, -0.1) is 0 Å². The lowest BCUT2D eigenvalue weighted by atomic mass is 10.1. The molecule has 0 N–H and O–H groups in total. The Labute approximate surface area is 126 Å². The van der Waals surface area contributed by atoms with Crippen LogP contribution in [0.4, 0.5) is 5.69 Å². The third kappa shape index (κ3) is 3.36. The molecule has 1 aromatic rings. The second kappa shape index (κ2) is 5.79. The van der Waals surface area contributed by atoms with Crippen molar-refractivity contribution in [3.63, 3.8) is 0 Å². The van der Waals surface area contributed by atoms with Crippen molar-refractivity contribution in [3.8, 4) is 0 Å². The first kappa shape index (κ1) is 15.4. The monoisotopic (exact) mass is 362 g/mol. The van der Waals surface area contributed by atoms with Crippen molar-refractivity contribution in [2.45, 2.75) is 19.0 Å². The van der Waals surface area contributed by atoms with Crippen molar-refractivity contribution >= 4 is 31.5 Å². The van der Waals surface area contributed by atoms with Gasteiger partial charge in [0, 0.05) is 18.7 Å². The molecule has 1 heterocycles. The van der Waals surface area contributed by atoms with E-state index >= 15 is 0 Å². The molecular weight excluding hydrogens is 348 g/mol. The fraction of sp³-hybridized carbons (Fsp3) is 0.500. The largest absolute Gasteiger partial charge is 0.298 e. The molecule has 8 heteroatoms. The number of halogens is 1. The van der Waals surface area contributed by atoms with E-state index in [2.05, 4.69) is 15.9 Å². The molecule has 0 amide bonds. The van der Waals surface area contributed by atoms with Crippen molar-refractivity contribution in [3.05, 3.63) is 38.3 Å². The van der Waals surface area contributed by atoms with Crippen molar-refractivity contribution in [1.29, 1.82) is 0 Å².